The number of fused-ring (bicyclic) bond motifs is 1. The number of phosphoric ester groups is 1. The molecular formula is C17H21ClN5O8P. The standard InChI is InChI=1S/C12H10ClN5.C5H11O8P/c13-9-3-1-2-8(4-9)5-14-11-10-12(16-6-15-10)18-7-17-11;6-3-2(1-12-14(9,10)11)13-5(8)4(3)7/h1-4,6-7H,5H2,(H2,14,15,16,17,18);2-8H,1H2,(H2,9,10,11)/t;2-,3-,4-,5?/m.1/s1. The van der Waals surface area contributed by atoms with E-state index < -0.39 is 39.0 Å². The van der Waals surface area contributed by atoms with E-state index in [-0.39, 0.29) is 0 Å². The summed E-state index contributed by atoms with van der Waals surface area (Å²) in [4.78, 5) is 32.0. The van der Waals surface area contributed by atoms with Crippen LogP contribution in [0.25, 0.3) is 11.2 Å². The largest absolute Gasteiger partial charge is 0.469 e. The minimum Gasteiger partial charge on any atom is -0.387 e. The van der Waals surface area contributed by atoms with Crippen molar-refractivity contribution in [3.63, 3.8) is 0 Å². The molecule has 2 aromatic heterocycles. The van der Waals surface area contributed by atoms with E-state index in [1.54, 1.807) is 6.33 Å². The van der Waals surface area contributed by atoms with Crippen molar-refractivity contribution in [3.8, 4) is 0 Å². The van der Waals surface area contributed by atoms with E-state index in [9.17, 15) is 4.57 Å². The number of nitrogens with zero attached hydrogens (tertiary/aromatic N) is 3. The van der Waals surface area contributed by atoms with Crippen molar-refractivity contribution in [3.05, 3.63) is 47.5 Å². The normalized spacial score (nSPS) is 23.1. The second kappa shape index (κ2) is 10.6. The molecule has 3 aromatic rings. The van der Waals surface area contributed by atoms with Crippen LogP contribution in [0, 0.1) is 0 Å². The maximum absolute atomic E-state index is 10.3. The third kappa shape index (κ3) is 6.65. The van der Waals surface area contributed by atoms with Crippen LogP contribution in [-0.2, 0) is 20.4 Å². The van der Waals surface area contributed by atoms with E-state index >= 15 is 0 Å². The Hall–Kier alpha value is -2.19. The van der Waals surface area contributed by atoms with Crippen LogP contribution < -0.4 is 5.32 Å². The monoisotopic (exact) mass is 489 g/mol. The van der Waals surface area contributed by atoms with Gasteiger partial charge < -0.3 is 40.1 Å². The molecule has 0 saturated carbocycles. The SMILES string of the molecule is Clc1cccc(CNc2ncnc3nc[nH]c23)c1.O=P(O)(O)OC[C@H]1OC(O)[C@H](O)[C@@H]1O. The van der Waals surface area contributed by atoms with Gasteiger partial charge in [0.15, 0.2) is 17.8 Å². The van der Waals surface area contributed by atoms with Crippen molar-refractivity contribution in [1.82, 2.24) is 19.9 Å². The van der Waals surface area contributed by atoms with E-state index in [1.807, 2.05) is 24.3 Å². The number of ether oxygens (including phenoxy) is 1. The first-order chi connectivity index (χ1) is 15.1. The number of hydrogen-bond donors (Lipinski definition) is 7. The number of aliphatic hydroxyl groups is 3. The molecule has 13 nitrogen and oxygen atoms in total. The molecule has 32 heavy (non-hydrogen) atoms. The highest BCUT2D eigenvalue weighted by Gasteiger charge is 2.42. The third-order valence-electron chi connectivity index (χ3n) is 4.32. The number of benzene rings is 1. The molecule has 15 heteroatoms. The lowest BCUT2D eigenvalue weighted by atomic mass is 10.1. The summed E-state index contributed by atoms with van der Waals surface area (Å²) in [5.41, 5.74) is 2.55. The number of H-pyrrole nitrogens is 1. The smallest absolute Gasteiger partial charge is 0.387 e. The molecule has 1 aliphatic heterocycles. The van der Waals surface area contributed by atoms with Crippen LogP contribution in [0.4, 0.5) is 5.82 Å². The molecule has 1 aliphatic rings. The Balaban J connectivity index is 0.000000188. The predicted molar refractivity (Wildman–Crippen MR) is 111 cm³/mol. The maximum atomic E-state index is 10.3. The number of aromatic nitrogens is 4. The summed E-state index contributed by atoms with van der Waals surface area (Å²) in [6.07, 6.45) is -2.58. The Morgan fingerprint density at radius 1 is 1.19 bits per heavy atom. The number of imidazole rings is 1. The van der Waals surface area contributed by atoms with E-state index in [1.165, 1.54) is 6.33 Å². The van der Waals surface area contributed by atoms with Gasteiger partial charge in [-0.25, -0.2) is 19.5 Å². The lowest BCUT2D eigenvalue weighted by Crippen LogP contribution is -2.34. The quantitative estimate of drug-likeness (QED) is 0.231. The third-order valence-corrected chi connectivity index (χ3v) is 5.04. The second-order valence-corrected chi connectivity index (χ2v) is 8.32. The molecule has 0 radical (unpaired) electrons. The molecule has 0 aliphatic carbocycles. The molecule has 0 spiro atoms. The molecule has 1 saturated heterocycles. The Morgan fingerprint density at radius 3 is 2.62 bits per heavy atom. The second-order valence-electron chi connectivity index (χ2n) is 6.64. The van der Waals surface area contributed by atoms with Crippen LogP contribution >= 0.6 is 19.4 Å². The summed E-state index contributed by atoms with van der Waals surface area (Å²) in [5, 5.41) is 31.0. The van der Waals surface area contributed by atoms with E-state index in [2.05, 4.69) is 34.5 Å². The minimum absolute atomic E-state index is 0.612. The van der Waals surface area contributed by atoms with Crippen LogP contribution in [0.3, 0.4) is 0 Å². The Kier molecular flexibility index (Phi) is 8.11. The summed E-state index contributed by atoms with van der Waals surface area (Å²) in [6, 6.07) is 7.69. The van der Waals surface area contributed by atoms with Crippen LogP contribution in [0.2, 0.25) is 5.02 Å². The number of nitrogens with one attached hydrogen (secondary N) is 2. The molecule has 174 valence electrons. The zero-order valence-electron chi connectivity index (χ0n) is 16.3. The lowest BCUT2D eigenvalue weighted by Gasteiger charge is -2.14. The van der Waals surface area contributed by atoms with Crippen LogP contribution in [-0.4, -0.2) is 76.3 Å². The van der Waals surface area contributed by atoms with Gasteiger partial charge in [-0.1, -0.05) is 23.7 Å². The first-order valence-corrected chi connectivity index (χ1v) is 11.1. The van der Waals surface area contributed by atoms with Crippen molar-refractivity contribution in [2.75, 3.05) is 11.9 Å². The molecule has 0 bridgehead atoms. The van der Waals surface area contributed by atoms with Gasteiger partial charge in [0, 0.05) is 11.6 Å². The highest BCUT2D eigenvalue weighted by Crippen LogP contribution is 2.37. The molecule has 0 amide bonds. The number of aromatic amines is 1. The van der Waals surface area contributed by atoms with Gasteiger partial charge in [-0.2, -0.15) is 0 Å². The first-order valence-electron chi connectivity index (χ1n) is 9.16. The maximum Gasteiger partial charge on any atom is 0.469 e. The fraction of sp³-hybridized carbons (Fsp3) is 0.353. The summed E-state index contributed by atoms with van der Waals surface area (Å²) in [5.74, 6) is 0.734. The molecule has 1 unspecified atom stereocenters. The molecular weight excluding hydrogens is 469 g/mol. The molecule has 1 aromatic carbocycles. The van der Waals surface area contributed by atoms with Gasteiger partial charge in [0.2, 0.25) is 0 Å². The van der Waals surface area contributed by atoms with Gasteiger partial charge >= 0.3 is 7.82 Å². The van der Waals surface area contributed by atoms with Gasteiger partial charge in [-0.3, -0.25) is 4.52 Å². The Morgan fingerprint density at radius 2 is 1.97 bits per heavy atom. The fourth-order valence-electron chi connectivity index (χ4n) is 2.77. The number of halogens is 1. The van der Waals surface area contributed by atoms with Gasteiger partial charge in [-0.15, -0.1) is 0 Å². The van der Waals surface area contributed by atoms with Crippen molar-refractivity contribution in [2.45, 2.75) is 31.1 Å². The Bertz CT molecular complexity index is 1080. The first kappa shape index (κ1) is 24.5. The van der Waals surface area contributed by atoms with Gasteiger partial charge in [0.1, 0.15) is 30.2 Å². The van der Waals surface area contributed by atoms with Crippen LogP contribution in [0.15, 0.2) is 36.9 Å². The van der Waals surface area contributed by atoms with Crippen molar-refractivity contribution in [2.24, 2.45) is 0 Å². The molecule has 1 fully saturated rings. The van der Waals surface area contributed by atoms with E-state index in [4.69, 9.17) is 36.7 Å². The summed E-state index contributed by atoms with van der Waals surface area (Å²) < 4.78 is 18.9. The van der Waals surface area contributed by atoms with Crippen molar-refractivity contribution < 1.29 is 38.9 Å². The van der Waals surface area contributed by atoms with Crippen LogP contribution in [0.1, 0.15) is 5.56 Å². The number of hydrogen-bond acceptors (Lipinski definition) is 10. The number of phosphoric acid groups is 1. The molecule has 4 rings (SSSR count). The summed E-state index contributed by atoms with van der Waals surface area (Å²) in [7, 11) is -4.64. The molecule has 7 N–H and O–H groups in total. The number of aliphatic hydroxyl groups excluding tert-OH is 3. The van der Waals surface area contributed by atoms with Gasteiger partial charge in [0.25, 0.3) is 0 Å². The van der Waals surface area contributed by atoms with E-state index in [0.717, 1.165) is 21.9 Å². The lowest BCUT2D eigenvalue weighted by molar-refractivity contribution is -0.132. The summed E-state index contributed by atoms with van der Waals surface area (Å²) >= 11 is 5.93. The zero-order valence-corrected chi connectivity index (χ0v) is 18.0. The molecule has 3 heterocycles. The number of rotatable bonds is 6. The average Bonchev–Trinajstić information content (AvgIpc) is 3.32. The topological polar surface area (TPSA) is 203 Å². The highest BCUT2D eigenvalue weighted by molar-refractivity contribution is 7.46. The van der Waals surface area contributed by atoms with Crippen molar-refractivity contribution in [1.29, 1.82) is 0 Å². The minimum atomic E-state index is -4.64. The highest BCUT2D eigenvalue weighted by atomic mass is 35.5. The van der Waals surface area contributed by atoms with Crippen LogP contribution in [0.5, 0.6) is 0 Å². The number of anilines is 1. The summed E-state index contributed by atoms with van der Waals surface area (Å²) in [6.45, 7) is 0.0330. The van der Waals surface area contributed by atoms with Gasteiger partial charge in [-0.05, 0) is 17.7 Å². The van der Waals surface area contributed by atoms with Gasteiger partial charge in [0.05, 0.1) is 12.9 Å². The molecule has 4 atom stereocenters. The van der Waals surface area contributed by atoms with Crippen molar-refractivity contribution >= 4 is 36.4 Å². The predicted octanol–water partition coefficient (Wildman–Crippen LogP) is 0.153. The average molecular weight is 490 g/mol. The Labute approximate surface area is 186 Å². The van der Waals surface area contributed by atoms with E-state index in [0.29, 0.717) is 12.2 Å². The fourth-order valence-corrected chi connectivity index (χ4v) is 3.32. The zero-order chi connectivity index (χ0) is 23.3.